The van der Waals surface area contributed by atoms with E-state index in [1.54, 1.807) is 12.1 Å². The fourth-order valence-corrected chi connectivity index (χ4v) is 2.77. The minimum Gasteiger partial charge on any atom is -0.506 e. The zero-order valence-corrected chi connectivity index (χ0v) is 13.9. The second kappa shape index (κ2) is 7.36. The predicted molar refractivity (Wildman–Crippen MR) is 93.1 cm³/mol. The first kappa shape index (κ1) is 17.0. The molecule has 2 aromatic rings. The Balaban J connectivity index is 1.78. The molecule has 2 aromatic carbocycles. The van der Waals surface area contributed by atoms with Gasteiger partial charge in [0.15, 0.2) is 0 Å². The number of nitrogens with one attached hydrogen (secondary N) is 1. The number of anilines is 1. The first-order chi connectivity index (χ1) is 12.0. The summed E-state index contributed by atoms with van der Waals surface area (Å²) in [4.78, 5) is 26.5. The highest BCUT2D eigenvalue weighted by Gasteiger charge is 2.34. The highest BCUT2D eigenvalue weighted by atomic mass is 16.5. The number of amides is 2. The van der Waals surface area contributed by atoms with Crippen LogP contribution in [0.3, 0.4) is 0 Å². The largest absolute Gasteiger partial charge is 0.506 e. The number of aromatic hydroxyl groups is 1. The van der Waals surface area contributed by atoms with E-state index in [2.05, 4.69) is 5.32 Å². The summed E-state index contributed by atoms with van der Waals surface area (Å²) in [5.74, 6) is -0.634. The SMILES string of the molecule is Cc1ccc(O)c(NC(=O)[C@H]2COCC(=O)N2Cc2ccccc2)c1. The van der Waals surface area contributed by atoms with Gasteiger partial charge in [-0.25, -0.2) is 0 Å². The molecule has 2 N–H and O–H groups in total. The molecule has 0 radical (unpaired) electrons. The van der Waals surface area contributed by atoms with Crippen molar-refractivity contribution in [3.8, 4) is 5.75 Å². The molecule has 2 amide bonds. The molecule has 0 unspecified atom stereocenters. The van der Waals surface area contributed by atoms with Crippen LogP contribution in [0.5, 0.6) is 5.75 Å². The van der Waals surface area contributed by atoms with Gasteiger partial charge in [-0.1, -0.05) is 36.4 Å². The van der Waals surface area contributed by atoms with E-state index in [-0.39, 0.29) is 30.8 Å². The van der Waals surface area contributed by atoms with Crippen LogP contribution in [0, 0.1) is 6.92 Å². The number of phenolic OH excluding ortho intramolecular Hbond substituents is 1. The number of rotatable bonds is 4. The number of aryl methyl sites for hydroxylation is 1. The van der Waals surface area contributed by atoms with Crippen LogP contribution in [-0.2, 0) is 20.9 Å². The minimum absolute atomic E-state index is 0.0170. The van der Waals surface area contributed by atoms with Gasteiger partial charge in [-0.2, -0.15) is 0 Å². The molecule has 6 nitrogen and oxygen atoms in total. The van der Waals surface area contributed by atoms with Crippen molar-refractivity contribution in [1.29, 1.82) is 0 Å². The topological polar surface area (TPSA) is 78.9 Å². The third-order valence-electron chi connectivity index (χ3n) is 4.11. The summed E-state index contributed by atoms with van der Waals surface area (Å²) in [6, 6.07) is 13.7. The summed E-state index contributed by atoms with van der Waals surface area (Å²) in [6.07, 6.45) is 0. The Labute approximate surface area is 146 Å². The Morgan fingerprint density at radius 2 is 2.04 bits per heavy atom. The van der Waals surface area contributed by atoms with Crippen molar-refractivity contribution in [3.63, 3.8) is 0 Å². The Hall–Kier alpha value is -2.86. The number of hydrogen-bond acceptors (Lipinski definition) is 4. The maximum atomic E-state index is 12.7. The molecular weight excluding hydrogens is 320 g/mol. The van der Waals surface area contributed by atoms with Gasteiger partial charge >= 0.3 is 0 Å². The van der Waals surface area contributed by atoms with Gasteiger partial charge < -0.3 is 20.1 Å². The minimum atomic E-state index is -0.749. The molecule has 0 bridgehead atoms. The summed E-state index contributed by atoms with van der Waals surface area (Å²) in [5, 5.41) is 12.6. The molecule has 6 heteroatoms. The van der Waals surface area contributed by atoms with Crippen LogP contribution >= 0.6 is 0 Å². The molecule has 25 heavy (non-hydrogen) atoms. The zero-order valence-electron chi connectivity index (χ0n) is 13.9. The van der Waals surface area contributed by atoms with Crippen LogP contribution < -0.4 is 5.32 Å². The number of nitrogens with zero attached hydrogens (tertiary/aromatic N) is 1. The number of carbonyl (C=O) groups is 2. The number of benzene rings is 2. The van der Waals surface area contributed by atoms with Gasteiger partial charge in [0.05, 0.1) is 12.3 Å². The molecule has 130 valence electrons. The summed E-state index contributed by atoms with van der Waals surface area (Å²) in [7, 11) is 0. The lowest BCUT2D eigenvalue weighted by atomic mass is 10.1. The summed E-state index contributed by atoms with van der Waals surface area (Å²) >= 11 is 0. The van der Waals surface area contributed by atoms with Crippen molar-refractivity contribution in [2.24, 2.45) is 0 Å². The number of carbonyl (C=O) groups excluding carboxylic acids is 2. The van der Waals surface area contributed by atoms with Gasteiger partial charge in [0, 0.05) is 6.54 Å². The van der Waals surface area contributed by atoms with Gasteiger partial charge in [-0.05, 0) is 30.2 Å². The first-order valence-electron chi connectivity index (χ1n) is 8.06. The lowest BCUT2D eigenvalue weighted by Gasteiger charge is -2.34. The molecule has 1 aliphatic heterocycles. The maximum absolute atomic E-state index is 12.7. The Bertz CT molecular complexity index is 776. The van der Waals surface area contributed by atoms with Gasteiger partial charge in [0.25, 0.3) is 0 Å². The molecule has 0 aliphatic carbocycles. The number of morpholine rings is 1. The third kappa shape index (κ3) is 3.97. The van der Waals surface area contributed by atoms with Crippen LogP contribution in [0.1, 0.15) is 11.1 Å². The van der Waals surface area contributed by atoms with Crippen molar-refractivity contribution < 1.29 is 19.4 Å². The van der Waals surface area contributed by atoms with E-state index >= 15 is 0 Å². The van der Waals surface area contributed by atoms with Crippen LogP contribution in [0.4, 0.5) is 5.69 Å². The van der Waals surface area contributed by atoms with Crippen molar-refractivity contribution in [2.45, 2.75) is 19.5 Å². The summed E-state index contributed by atoms with van der Waals surface area (Å²) < 4.78 is 5.26. The normalized spacial score (nSPS) is 17.4. The molecule has 1 aliphatic rings. The van der Waals surface area contributed by atoms with Crippen LogP contribution in [-0.4, -0.2) is 41.1 Å². The van der Waals surface area contributed by atoms with Gasteiger partial charge in [0.2, 0.25) is 11.8 Å². The monoisotopic (exact) mass is 340 g/mol. The zero-order chi connectivity index (χ0) is 17.8. The Morgan fingerprint density at radius 1 is 1.28 bits per heavy atom. The smallest absolute Gasteiger partial charge is 0.249 e. The average Bonchev–Trinajstić information content (AvgIpc) is 2.61. The predicted octanol–water partition coefficient (Wildman–Crippen LogP) is 2.07. The van der Waals surface area contributed by atoms with E-state index in [0.717, 1.165) is 11.1 Å². The highest BCUT2D eigenvalue weighted by molar-refractivity contribution is 5.98. The quantitative estimate of drug-likeness (QED) is 0.835. The fourth-order valence-electron chi connectivity index (χ4n) is 2.77. The van der Waals surface area contributed by atoms with Crippen molar-refractivity contribution in [2.75, 3.05) is 18.5 Å². The molecule has 1 fully saturated rings. The number of hydrogen-bond donors (Lipinski definition) is 2. The molecule has 1 heterocycles. The van der Waals surface area contributed by atoms with Crippen molar-refractivity contribution >= 4 is 17.5 Å². The van der Waals surface area contributed by atoms with E-state index in [1.807, 2.05) is 37.3 Å². The molecule has 3 rings (SSSR count). The second-order valence-corrected chi connectivity index (χ2v) is 6.05. The summed E-state index contributed by atoms with van der Waals surface area (Å²) in [6.45, 7) is 2.29. The van der Waals surface area contributed by atoms with Crippen LogP contribution in [0.2, 0.25) is 0 Å². The molecular formula is C19H20N2O4. The lowest BCUT2D eigenvalue weighted by Crippen LogP contribution is -2.54. The lowest BCUT2D eigenvalue weighted by molar-refractivity contribution is -0.154. The number of phenols is 1. The fraction of sp³-hybridized carbons (Fsp3) is 0.263. The number of ether oxygens (including phenoxy) is 1. The van der Waals surface area contributed by atoms with Crippen molar-refractivity contribution in [1.82, 2.24) is 4.90 Å². The molecule has 1 atom stereocenters. The first-order valence-corrected chi connectivity index (χ1v) is 8.06. The van der Waals surface area contributed by atoms with E-state index in [9.17, 15) is 14.7 Å². The average molecular weight is 340 g/mol. The third-order valence-corrected chi connectivity index (χ3v) is 4.11. The molecule has 0 saturated carbocycles. The van der Waals surface area contributed by atoms with E-state index < -0.39 is 6.04 Å². The Kier molecular flexibility index (Phi) is 5.00. The van der Waals surface area contributed by atoms with E-state index in [4.69, 9.17) is 4.74 Å². The van der Waals surface area contributed by atoms with Crippen LogP contribution in [0.25, 0.3) is 0 Å². The Morgan fingerprint density at radius 3 is 2.80 bits per heavy atom. The van der Waals surface area contributed by atoms with Gasteiger partial charge in [-0.3, -0.25) is 9.59 Å². The van der Waals surface area contributed by atoms with Gasteiger partial charge in [-0.15, -0.1) is 0 Å². The standard InChI is InChI=1S/C19H20N2O4/c1-13-7-8-17(22)15(9-13)20-19(24)16-11-25-12-18(23)21(16)10-14-5-3-2-4-6-14/h2-9,16,22H,10-12H2,1H3,(H,20,24)/t16-/m1/s1. The summed E-state index contributed by atoms with van der Waals surface area (Å²) in [5.41, 5.74) is 2.17. The van der Waals surface area contributed by atoms with E-state index in [0.29, 0.717) is 12.2 Å². The second-order valence-electron chi connectivity index (χ2n) is 6.05. The molecule has 0 spiro atoms. The molecule has 0 aromatic heterocycles. The highest BCUT2D eigenvalue weighted by Crippen LogP contribution is 2.25. The van der Waals surface area contributed by atoms with E-state index in [1.165, 1.54) is 11.0 Å². The molecule has 1 saturated heterocycles. The van der Waals surface area contributed by atoms with Crippen molar-refractivity contribution in [3.05, 3.63) is 59.7 Å². The maximum Gasteiger partial charge on any atom is 0.249 e. The van der Waals surface area contributed by atoms with Crippen LogP contribution in [0.15, 0.2) is 48.5 Å². The van der Waals surface area contributed by atoms with Gasteiger partial charge in [0.1, 0.15) is 18.4 Å².